The largest absolute Gasteiger partial charge is 0.348 e. The van der Waals surface area contributed by atoms with Crippen LogP contribution in [0.5, 0.6) is 0 Å². The van der Waals surface area contributed by atoms with Gasteiger partial charge in [-0.25, -0.2) is 4.98 Å². The second-order valence-electron chi connectivity index (χ2n) is 4.76. The van der Waals surface area contributed by atoms with Crippen molar-refractivity contribution >= 4 is 16.5 Å². The van der Waals surface area contributed by atoms with E-state index in [-0.39, 0.29) is 0 Å². The molecule has 0 aliphatic carbocycles. The van der Waals surface area contributed by atoms with Crippen molar-refractivity contribution in [1.29, 1.82) is 0 Å². The fourth-order valence-electron chi connectivity index (χ4n) is 2.35. The molecule has 2 rings (SSSR count). The van der Waals surface area contributed by atoms with Gasteiger partial charge in [-0.1, -0.05) is 20.3 Å². The normalized spacial score (nSPS) is 20.8. The minimum absolute atomic E-state index is 0.866. The van der Waals surface area contributed by atoms with Gasteiger partial charge in [-0.2, -0.15) is 0 Å². The summed E-state index contributed by atoms with van der Waals surface area (Å²) in [4.78, 5) is 7.19. The molecule has 1 saturated heterocycles. The van der Waals surface area contributed by atoms with E-state index in [0.717, 1.165) is 19.0 Å². The van der Waals surface area contributed by atoms with E-state index in [1.807, 2.05) is 0 Å². The number of aromatic nitrogens is 1. The van der Waals surface area contributed by atoms with Crippen LogP contribution in [0.15, 0.2) is 5.38 Å². The monoisotopic (exact) mass is 253 g/mol. The molecule has 0 bridgehead atoms. The highest BCUT2D eigenvalue weighted by Crippen LogP contribution is 2.27. The van der Waals surface area contributed by atoms with E-state index < -0.39 is 0 Å². The number of hydrogen-bond donors (Lipinski definition) is 1. The lowest BCUT2D eigenvalue weighted by Gasteiger charge is -2.31. The highest BCUT2D eigenvalue weighted by Gasteiger charge is 2.20. The Morgan fingerprint density at radius 3 is 3.18 bits per heavy atom. The van der Waals surface area contributed by atoms with Crippen LogP contribution >= 0.6 is 11.3 Å². The Balaban J connectivity index is 1.94. The molecule has 3 nitrogen and oxygen atoms in total. The van der Waals surface area contributed by atoms with Gasteiger partial charge in [0.05, 0.1) is 5.69 Å². The summed E-state index contributed by atoms with van der Waals surface area (Å²) in [7, 11) is 0. The summed E-state index contributed by atoms with van der Waals surface area (Å²) in [6.07, 6.45) is 4.01. The first kappa shape index (κ1) is 12.8. The second-order valence-corrected chi connectivity index (χ2v) is 5.60. The molecule has 1 fully saturated rings. The first-order chi connectivity index (χ1) is 8.33. The smallest absolute Gasteiger partial charge is 0.185 e. The van der Waals surface area contributed by atoms with Crippen molar-refractivity contribution in [1.82, 2.24) is 10.3 Å². The first-order valence-corrected chi connectivity index (χ1v) is 7.61. The highest BCUT2D eigenvalue weighted by molar-refractivity contribution is 7.13. The van der Waals surface area contributed by atoms with E-state index >= 15 is 0 Å². The number of piperidine rings is 1. The minimum Gasteiger partial charge on any atom is -0.348 e. The molecule has 0 spiro atoms. The lowest BCUT2D eigenvalue weighted by molar-refractivity contribution is 0.404. The van der Waals surface area contributed by atoms with E-state index in [0.29, 0.717) is 0 Å². The van der Waals surface area contributed by atoms with Gasteiger partial charge in [0, 0.05) is 25.0 Å². The highest BCUT2D eigenvalue weighted by atomic mass is 32.1. The number of nitrogens with zero attached hydrogens (tertiary/aromatic N) is 2. The Bertz CT molecular complexity index is 337. The Morgan fingerprint density at radius 1 is 1.53 bits per heavy atom. The number of thiazole rings is 1. The summed E-state index contributed by atoms with van der Waals surface area (Å²) in [6.45, 7) is 8.72. The molecule has 0 aromatic carbocycles. The molecule has 0 amide bonds. The molecule has 1 N–H and O–H groups in total. The van der Waals surface area contributed by atoms with Crippen LogP contribution in [0.2, 0.25) is 0 Å². The van der Waals surface area contributed by atoms with Crippen LogP contribution in [-0.2, 0) is 6.54 Å². The zero-order valence-corrected chi connectivity index (χ0v) is 11.7. The van der Waals surface area contributed by atoms with Crippen molar-refractivity contribution < 1.29 is 0 Å². The Kier molecular flexibility index (Phi) is 4.80. The average Bonchev–Trinajstić information content (AvgIpc) is 2.85. The van der Waals surface area contributed by atoms with Gasteiger partial charge in [0.15, 0.2) is 5.13 Å². The van der Waals surface area contributed by atoms with Gasteiger partial charge in [-0.3, -0.25) is 0 Å². The topological polar surface area (TPSA) is 28.2 Å². The van der Waals surface area contributed by atoms with Crippen molar-refractivity contribution in [3.8, 4) is 0 Å². The van der Waals surface area contributed by atoms with Crippen molar-refractivity contribution in [2.75, 3.05) is 24.5 Å². The second kappa shape index (κ2) is 6.36. The van der Waals surface area contributed by atoms with Crippen molar-refractivity contribution in [3.63, 3.8) is 0 Å². The first-order valence-electron chi connectivity index (χ1n) is 6.73. The number of hydrogen-bond acceptors (Lipinski definition) is 4. The average molecular weight is 253 g/mol. The molecule has 0 radical (unpaired) electrons. The van der Waals surface area contributed by atoms with Gasteiger partial charge in [0.25, 0.3) is 0 Å². The molecule has 1 aliphatic heterocycles. The molecule has 1 atom stereocenters. The maximum atomic E-state index is 4.72. The minimum atomic E-state index is 0.866. The SMILES string of the molecule is CCNCc1csc(N2CCCC(CC)C2)n1. The summed E-state index contributed by atoms with van der Waals surface area (Å²) >= 11 is 1.79. The Hall–Kier alpha value is -0.610. The van der Waals surface area contributed by atoms with Gasteiger partial charge >= 0.3 is 0 Å². The van der Waals surface area contributed by atoms with Gasteiger partial charge in [-0.05, 0) is 25.3 Å². The zero-order valence-electron chi connectivity index (χ0n) is 10.9. The summed E-state index contributed by atoms with van der Waals surface area (Å²) in [5.41, 5.74) is 1.19. The molecule has 0 saturated carbocycles. The van der Waals surface area contributed by atoms with Gasteiger partial charge in [-0.15, -0.1) is 11.3 Å². The number of anilines is 1. The molecule has 96 valence electrons. The Morgan fingerprint density at radius 2 is 2.41 bits per heavy atom. The molecule has 1 aromatic heterocycles. The van der Waals surface area contributed by atoms with E-state index in [1.165, 1.54) is 43.2 Å². The van der Waals surface area contributed by atoms with Gasteiger partial charge in [0.1, 0.15) is 0 Å². The van der Waals surface area contributed by atoms with E-state index in [2.05, 4.69) is 29.4 Å². The number of rotatable bonds is 5. The van der Waals surface area contributed by atoms with Crippen molar-refractivity contribution in [2.45, 2.75) is 39.7 Å². The molecule has 17 heavy (non-hydrogen) atoms. The third kappa shape index (κ3) is 3.42. The standard InChI is InChI=1S/C13H23N3S/c1-3-11-6-5-7-16(9-11)13-15-12(10-17-13)8-14-4-2/h10-11,14H,3-9H2,1-2H3. The van der Waals surface area contributed by atoms with Crippen LogP contribution in [0.3, 0.4) is 0 Å². The van der Waals surface area contributed by atoms with E-state index in [9.17, 15) is 0 Å². The van der Waals surface area contributed by atoms with Crippen LogP contribution in [-0.4, -0.2) is 24.6 Å². The van der Waals surface area contributed by atoms with Crippen LogP contribution in [0.1, 0.15) is 38.8 Å². The maximum absolute atomic E-state index is 4.72. The Labute approximate surface area is 108 Å². The van der Waals surface area contributed by atoms with Crippen LogP contribution in [0, 0.1) is 5.92 Å². The lowest BCUT2D eigenvalue weighted by Crippen LogP contribution is -2.35. The fourth-order valence-corrected chi connectivity index (χ4v) is 3.21. The fraction of sp³-hybridized carbons (Fsp3) is 0.769. The van der Waals surface area contributed by atoms with Crippen molar-refractivity contribution in [3.05, 3.63) is 11.1 Å². The van der Waals surface area contributed by atoms with Crippen LogP contribution in [0.4, 0.5) is 5.13 Å². The predicted octanol–water partition coefficient (Wildman–Crippen LogP) is 2.88. The lowest BCUT2D eigenvalue weighted by atomic mass is 9.96. The summed E-state index contributed by atoms with van der Waals surface area (Å²) in [6, 6.07) is 0. The summed E-state index contributed by atoms with van der Waals surface area (Å²) in [5.74, 6) is 0.866. The van der Waals surface area contributed by atoms with Gasteiger partial charge < -0.3 is 10.2 Å². The molecule has 1 unspecified atom stereocenters. The third-order valence-electron chi connectivity index (χ3n) is 3.46. The predicted molar refractivity (Wildman–Crippen MR) is 74.7 cm³/mol. The molecule has 1 aliphatic rings. The van der Waals surface area contributed by atoms with Crippen LogP contribution in [0.25, 0.3) is 0 Å². The number of nitrogens with one attached hydrogen (secondary N) is 1. The third-order valence-corrected chi connectivity index (χ3v) is 4.41. The quantitative estimate of drug-likeness (QED) is 0.874. The zero-order chi connectivity index (χ0) is 12.1. The molecule has 1 aromatic rings. The van der Waals surface area contributed by atoms with Gasteiger partial charge in [0.2, 0.25) is 0 Å². The molecule has 4 heteroatoms. The van der Waals surface area contributed by atoms with E-state index in [4.69, 9.17) is 4.98 Å². The van der Waals surface area contributed by atoms with Crippen LogP contribution < -0.4 is 10.2 Å². The molecular formula is C13H23N3S. The summed E-state index contributed by atoms with van der Waals surface area (Å²) in [5, 5.41) is 6.73. The van der Waals surface area contributed by atoms with Crippen molar-refractivity contribution in [2.24, 2.45) is 5.92 Å². The van der Waals surface area contributed by atoms with E-state index in [1.54, 1.807) is 11.3 Å². The maximum Gasteiger partial charge on any atom is 0.185 e. The molecule has 2 heterocycles. The molecular weight excluding hydrogens is 230 g/mol. The summed E-state index contributed by atoms with van der Waals surface area (Å²) < 4.78 is 0.